The van der Waals surface area contributed by atoms with Crippen molar-refractivity contribution >= 4 is 17.2 Å². The number of carbonyl (C=O) groups excluding carboxylic acids is 1. The van der Waals surface area contributed by atoms with Crippen LogP contribution in [-0.4, -0.2) is 43.8 Å². The lowest BCUT2D eigenvalue weighted by Gasteiger charge is -2.26. The highest BCUT2D eigenvalue weighted by molar-refractivity contribution is 7.16. The summed E-state index contributed by atoms with van der Waals surface area (Å²) in [6.45, 7) is 1.22. The smallest absolute Gasteiger partial charge is 0.265 e. The molecular formula is C20H22N4O2S. The van der Waals surface area contributed by atoms with E-state index >= 15 is 0 Å². The van der Waals surface area contributed by atoms with Gasteiger partial charge in [0.15, 0.2) is 0 Å². The van der Waals surface area contributed by atoms with Crippen LogP contribution in [0.4, 0.5) is 0 Å². The van der Waals surface area contributed by atoms with Crippen LogP contribution in [0.3, 0.4) is 0 Å². The molecule has 2 heterocycles. The summed E-state index contributed by atoms with van der Waals surface area (Å²) in [6.07, 6.45) is 7.21. The van der Waals surface area contributed by atoms with Gasteiger partial charge in [-0.05, 0) is 18.4 Å². The number of benzene rings is 1. The first kappa shape index (κ1) is 17.9. The molecule has 1 fully saturated rings. The van der Waals surface area contributed by atoms with E-state index < -0.39 is 0 Å². The lowest BCUT2D eigenvalue weighted by Crippen LogP contribution is -2.36. The third-order valence-corrected chi connectivity index (χ3v) is 6.02. The number of aromatic nitrogens is 3. The number of aliphatic hydroxyl groups is 1. The molecule has 1 N–H and O–H groups in total. The van der Waals surface area contributed by atoms with Crippen molar-refractivity contribution < 1.29 is 9.90 Å². The zero-order valence-electron chi connectivity index (χ0n) is 15.2. The van der Waals surface area contributed by atoms with Crippen LogP contribution in [0, 0.1) is 5.41 Å². The molecule has 0 radical (unpaired) electrons. The van der Waals surface area contributed by atoms with Crippen LogP contribution in [0.25, 0.3) is 10.6 Å². The molecule has 1 aliphatic carbocycles. The molecule has 4 rings (SSSR count). The van der Waals surface area contributed by atoms with Crippen LogP contribution >= 0.6 is 11.3 Å². The van der Waals surface area contributed by atoms with Crippen molar-refractivity contribution in [1.29, 1.82) is 0 Å². The second-order valence-electron chi connectivity index (χ2n) is 7.24. The van der Waals surface area contributed by atoms with Gasteiger partial charge in [-0.1, -0.05) is 30.3 Å². The molecule has 2 aromatic heterocycles. The van der Waals surface area contributed by atoms with Crippen LogP contribution < -0.4 is 0 Å². The number of aliphatic hydroxyl groups excluding tert-OH is 1. The van der Waals surface area contributed by atoms with Crippen molar-refractivity contribution in [2.24, 2.45) is 12.5 Å². The second kappa shape index (κ2) is 7.25. The van der Waals surface area contributed by atoms with Crippen molar-refractivity contribution in [2.45, 2.75) is 19.4 Å². The van der Waals surface area contributed by atoms with Crippen LogP contribution in [0.5, 0.6) is 0 Å². The van der Waals surface area contributed by atoms with Crippen LogP contribution in [0.2, 0.25) is 0 Å². The van der Waals surface area contributed by atoms with Gasteiger partial charge in [0.1, 0.15) is 9.88 Å². The van der Waals surface area contributed by atoms with E-state index in [0.717, 1.165) is 29.0 Å². The molecule has 1 aromatic carbocycles. The molecule has 6 nitrogen and oxygen atoms in total. The van der Waals surface area contributed by atoms with E-state index in [4.69, 9.17) is 0 Å². The van der Waals surface area contributed by atoms with Gasteiger partial charge in [0.25, 0.3) is 5.91 Å². The van der Waals surface area contributed by atoms with Crippen molar-refractivity contribution in [1.82, 2.24) is 19.7 Å². The topological polar surface area (TPSA) is 71.2 Å². The highest BCUT2D eigenvalue weighted by Crippen LogP contribution is 2.46. The Morgan fingerprint density at radius 2 is 2.07 bits per heavy atom. The van der Waals surface area contributed by atoms with Crippen molar-refractivity contribution in [3.05, 3.63) is 59.4 Å². The predicted molar refractivity (Wildman–Crippen MR) is 104 cm³/mol. The number of nitrogens with zero attached hydrogens (tertiary/aromatic N) is 4. The number of rotatable bonds is 7. The highest BCUT2D eigenvalue weighted by atomic mass is 32.1. The number of aryl methyl sites for hydroxylation is 1. The SMILES string of the molecule is Cn1cc(-c2ncc(C(=O)N(Cc3ccccc3)CC3(CO)CC3)s2)cn1. The Morgan fingerprint density at radius 3 is 2.70 bits per heavy atom. The molecule has 1 amide bonds. The summed E-state index contributed by atoms with van der Waals surface area (Å²) in [7, 11) is 1.86. The molecule has 1 saturated carbocycles. The average Bonchev–Trinajstić information content (AvgIpc) is 3.07. The molecule has 1 aliphatic rings. The fourth-order valence-electron chi connectivity index (χ4n) is 3.15. The molecule has 7 heteroatoms. The number of amides is 1. The maximum atomic E-state index is 13.2. The van der Waals surface area contributed by atoms with E-state index in [2.05, 4.69) is 10.1 Å². The average molecular weight is 382 g/mol. The van der Waals surface area contributed by atoms with Gasteiger partial charge in [-0.3, -0.25) is 9.48 Å². The second-order valence-corrected chi connectivity index (χ2v) is 8.27. The van der Waals surface area contributed by atoms with Gasteiger partial charge in [0.2, 0.25) is 0 Å². The van der Waals surface area contributed by atoms with Crippen LogP contribution in [0.1, 0.15) is 28.1 Å². The lowest BCUT2D eigenvalue weighted by molar-refractivity contribution is 0.0670. The van der Waals surface area contributed by atoms with E-state index in [1.54, 1.807) is 17.1 Å². The highest BCUT2D eigenvalue weighted by Gasteiger charge is 2.44. The van der Waals surface area contributed by atoms with Gasteiger partial charge < -0.3 is 10.0 Å². The fourth-order valence-corrected chi connectivity index (χ4v) is 4.00. The Balaban J connectivity index is 1.57. The Kier molecular flexibility index (Phi) is 4.80. The first-order valence-electron chi connectivity index (χ1n) is 8.97. The standard InChI is InChI=1S/C20H22N4O2S/c1-23-12-16(9-22-23)18-21-10-17(27-18)19(26)24(13-20(14-25)7-8-20)11-15-5-3-2-4-6-15/h2-6,9-10,12,25H,7-8,11,13-14H2,1H3. The largest absolute Gasteiger partial charge is 0.396 e. The summed E-state index contributed by atoms with van der Waals surface area (Å²) in [5.41, 5.74) is 1.85. The summed E-state index contributed by atoms with van der Waals surface area (Å²) < 4.78 is 1.72. The third-order valence-electron chi connectivity index (χ3n) is 4.99. The Morgan fingerprint density at radius 1 is 1.30 bits per heavy atom. The maximum Gasteiger partial charge on any atom is 0.265 e. The van der Waals surface area contributed by atoms with Gasteiger partial charge in [-0.15, -0.1) is 11.3 Å². The molecule has 0 spiro atoms. The maximum absolute atomic E-state index is 13.2. The summed E-state index contributed by atoms with van der Waals surface area (Å²) in [5, 5.41) is 14.7. The number of carbonyl (C=O) groups is 1. The summed E-state index contributed by atoms with van der Waals surface area (Å²) in [5.74, 6) is -0.0359. The minimum absolute atomic E-state index is 0.0359. The predicted octanol–water partition coefficient (Wildman–Crippen LogP) is 2.96. The molecule has 0 saturated heterocycles. The van der Waals surface area contributed by atoms with Crippen LogP contribution in [-0.2, 0) is 13.6 Å². The molecule has 0 aliphatic heterocycles. The van der Waals surface area contributed by atoms with Crippen molar-refractivity contribution in [3.63, 3.8) is 0 Å². The van der Waals surface area contributed by atoms with E-state index in [1.165, 1.54) is 11.3 Å². The molecule has 0 atom stereocenters. The summed E-state index contributed by atoms with van der Waals surface area (Å²) >= 11 is 1.38. The Hall–Kier alpha value is -2.51. The van der Waals surface area contributed by atoms with E-state index in [-0.39, 0.29) is 17.9 Å². The van der Waals surface area contributed by atoms with Gasteiger partial charge in [-0.2, -0.15) is 5.10 Å². The quantitative estimate of drug-likeness (QED) is 0.682. The molecule has 140 valence electrons. The molecule has 3 aromatic rings. The monoisotopic (exact) mass is 382 g/mol. The Bertz CT molecular complexity index is 930. The first-order chi connectivity index (χ1) is 13.1. The minimum Gasteiger partial charge on any atom is -0.396 e. The van der Waals surface area contributed by atoms with Gasteiger partial charge in [0.05, 0.1) is 19.0 Å². The van der Waals surface area contributed by atoms with E-state index in [1.807, 2.05) is 48.5 Å². The van der Waals surface area contributed by atoms with Gasteiger partial charge in [0, 0.05) is 37.3 Å². The summed E-state index contributed by atoms with van der Waals surface area (Å²) in [4.78, 5) is 20.1. The first-order valence-corrected chi connectivity index (χ1v) is 9.79. The van der Waals surface area contributed by atoms with E-state index in [9.17, 15) is 9.90 Å². The Labute approximate surface area is 162 Å². The van der Waals surface area contributed by atoms with Gasteiger partial charge >= 0.3 is 0 Å². The van der Waals surface area contributed by atoms with Crippen molar-refractivity contribution in [3.8, 4) is 10.6 Å². The molecular weight excluding hydrogens is 360 g/mol. The zero-order chi connectivity index (χ0) is 18.9. The summed E-state index contributed by atoms with van der Waals surface area (Å²) in [6, 6.07) is 9.96. The lowest BCUT2D eigenvalue weighted by atomic mass is 10.1. The fraction of sp³-hybridized carbons (Fsp3) is 0.350. The van der Waals surface area contributed by atoms with Crippen LogP contribution in [0.15, 0.2) is 48.9 Å². The molecule has 0 unspecified atom stereocenters. The zero-order valence-corrected chi connectivity index (χ0v) is 16.0. The normalized spacial score (nSPS) is 14.9. The minimum atomic E-state index is -0.138. The third kappa shape index (κ3) is 3.94. The van der Waals surface area contributed by atoms with Crippen molar-refractivity contribution in [2.75, 3.05) is 13.2 Å². The molecule has 27 heavy (non-hydrogen) atoms. The number of hydrogen-bond acceptors (Lipinski definition) is 5. The number of thiazole rings is 1. The number of hydrogen-bond donors (Lipinski definition) is 1. The van der Waals surface area contributed by atoms with Gasteiger partial charge in [-0.25, -0.2) is 4.98 Å². The van der Waals surface area contributed by atoms with E-state index in [0.29, 0.717) is 18.0 Å². The molecule has 0 bridgehead atoms.